The molecule has 1 aliphatic heterocycles. The van der Waals surface area contributed by atoms with Gasteiger partial charge < -0.3 is 15.0 Å². The number of hydrogen-bond donors (Lipinski definition) is 1. The zero-order valence-electron chi connectivity index (χ0n) is 10.7. The van der Waals surface area contributed by atoms with Crippen LogP contribution < -0.4 is 10.2 Å². The first-order chi connectivity index (χ1) is 8.26. The fourth-order valence-corrected chi connectivity index (χ4v) is 2.33. The van der Waals surface area contributed by atoms with Crippen molar-refractivity contribution >= 4 is 11.6 Å². The lowest BCUT2D eigenvalue weighted by Gasteiger charge is -2.33. The first-order valence-corrected chi connectivity index (χ1v) is 6.03. The lowest BCUT2D eigenvalue weighted by Crippen LogP contribution is -2.40. The van der Waals surface area contributed by atoms with E-state index in [9.17, 15) is 0 Å². The maximum Gasteiger partial charge on any atom is 0.137 e. The zero-order valence-corrected chi connectivity index (χ0v) is 10.7. The van der Waals surface area contributed by atoms with Gasteiger partial charge in [0.2, 0.25) is 0 Å². The Labute approximate surface area is 102 Å². The lowest BCUT2D eigenvalue weighted by molar-refractivity contribution is 0.0891. The molecule has 2 rings (SSSR count). The molecule has 1 fully saturated rings. The molecule has 2 heterocycles. The van der Waals surface area contributed by atoms with Crippen LogP contribution in [-0.2, 0) is 4.74 Å². The third-order valence-electron chi connectivity index (χ3n) is 3.31. The summed E-state index contributed by atoms with van der Waals surface area (Å²) >= 11 is 0. The molecule has 1 atom stereocenters. The monoisotopic (exact) mass is 236 g/mol. The molecule has 0 spiro atoms. The largest absolute Gasteiger partial charge is 0.380 e. The first kappa shape index (κ1) is 12.1. The van der Waals surface area contributed by atoms with Crippen molar-refractivity contribution in [1.82, 2.24) is 9.97 Å². The van der Waals surface area contributed by atoms with E-state index < -0.39 is 0 Å². The second-order valence-electron chi connectivity index (χ2n) is 4.37. The predicted molar refractivity (Wildman–Crippen MR) is 68.6 cm³/mol. The summed E-state index contributed by atoms with van der Waals surface area (Å²) in [5.74, 6) is 1.92. The molecule has 1 N–H and O–H groups in total. The molecule has 5 heteroatoms. The summed E-state index contributed by atoms with van der Waals surface area (Å²) in [5, 5.41) is 3.09. The Bertz CT molecular complexity index is 383. The molecular weight excluding hydrogens is 216 g/mol. The number of hydrogen-bond acceptors (Lipinski definition) is 5. The molecule has 17 heavy (non-hydrogen) atoms. The van der Waals surface area contributed by atoms with Crippen molar-refractivity contribution in [2.75, 3.05) is 37.5 Å². The van der Waals surface area contributed by atoms with E-state index in [0.717, 1.165) is 43.1 Å². The fraction of sp³-hybridized carbons (Fsp3) is 0.667. The highest BCUT2D eigenvalue weighted by Gasteiger charge is 2.22. The molecule has 0 saturated carbocycles. The van der Waals surface area contributed by atoms with Crippen LogP contribution in [0.5, 0.6) is 0 Å². The molecule has 1 saturated heterocycles. The number of piperidine rings is 1. The van der Waals surface area contributed by atoms with Gasteiger partial charge >= 0.3 is 0 Å². The van der Waals surface area contributed by atoms with Gasteiger partial charge in [0.1, 0.15) is 18.0 Å². The maximum atomic E-state index is 5.44. The molecule has 5 nitrogen and oxygen atoms in total. The summed E-state index contributed by atoms with van der Waals surface area (Å²) in [5.41, 5.74) is 1.10. The SMILES string of the molecule is CNc1ncnc(N2CCCC(OC)C2)c1C. The van der Waals surface area contributed by atoms with Gasteiger partial charge in [0.25, 0.3) is 0 Å². The minimum absolute atomic E-state index is 0.316. The second kappa shape index (κ2) is 5.31. The van der Waals surface area contributed by atoms with Crippen LogP contribution in [0.1, 0.15) is 18.4 Å². The average molecular weight is 236 g/mol. The Hall–Kier alpha value is -1.36. The summed E-state index contributed by atoms with van der Waals surface area (Å²) in [6.07, 6.45) is 4.22. The lowest BCUT2D eigenvalue weighted by atomic mass is 10.1. The molecule has 0 radical (unpaired) electrons. The first-order valence-electron chi connectivity index (χ1n) is 6.03. The molecule has 1 unspecified atom stereocenters. The van der Waals surface area contributed by atoms with Gasteiger partial charge in [-0.3, -0.25) is 0 Å². The quantitative estimate of drug-likeness (QED) is 0.860. The number of nitrogens with one attached hydrogen (secondary N) is 1. The summed E-state index contributed by atoms with van der Waals surface area (Å²) in [6.45, 7) is 4.01. The molecular formula is C12H20N4O. The van der Waals surface area contributed by atoms with E-state index >= 15 is 0 Å². The molecule has 0 aromatic carbocycles. The number of methoxy groups -OCH3 is 1. The predicted octanol–water partition coefficient (Wildman–Crippen LogP) is 1.44. The summed E-state index contributed by atoms with van der Waals surface area (Å²) in [6, 6.07) is 0. The van der Waals surface area contributed by atoms with Gasteiger partial charge in [0.15, 0.2) is 0 Å². The van der Waals surface area contributed by atoms with Crippen LogP contribution in [0.2, 0.25) is 0 Å². The van der Waals surface area contributed by atoms with Crippen LogP contribution in [-0.4, -0.2) is 43.3 Å². The third kappa shape index (κ3) is 2.49. The molecule has 0 bridgehead atoms. The smallest absolute Gasteiger partial charge is 0.137 e. The number of nitrogens with zero attached hydrogens (tertiary/aromatic N) is 3. The molecule has 1 aromatic heterocycles. The molecule has 0 amide bonds. The molecule has 1 aliphatic rings. The zero-order chi connectivity index (χ0) is 12.3. The van der Waals surface area contributed by atoms with Gasteiger partial charge in [0.05, 0.1) is 6.10 Å². The third-order valence-corrected chi connectivity index (χ3v) is 3.31. The van der Waals surface area contributed by atoms with Crippen molar-refractivity contribution in [3.63, 3.8) is 0 Å². The Morgan fingerprint density at radius 3 is 3.00 bits per heavy atom. The maximum absolute atomic E-state index is 5.44. The van der Waals surface area contributed by atoms with Crippen LogP contribution in [0.4, 0.5) is 11.6 Å². The highest BCUT2D eigenvalue weighted by molar-refractivity contribution is 5.57. The van der Waals surface area contributed by atoms with Crippen LogP contribution in [0.15, 0.2) is 6.33 Å². The van der Waals surface area contributed by atoms with E-state index in [1.807, 2.05) is 7.05 Å². The van der Waals surface area contributed by atoms with Crippen LogP contribution in [0.25, 0.3) is 0 Å². The number of aromatic nitrogens is 2. The molecule has 0 aliphatic carbocycles. The summed E-state index contributed by atoms with van der Waals surface area (Å²) in [7, 11) is 3.66. The Kier molecular flexibility index (Phi) is 3.78. The van der Waals surface area contributed by atoms with E-state index in [0.29, 0.717) is 6.10 Å². The number of ether oxygens (including phenoxy) is 1. The van der Waals surface area contributed by atoms with Crippen LogP contribution in [0.3, 0.4) is 0 Å². The summed E-state index contributed by atoms with van der Waals surface area (Å²) in [4.78, 5) is 10.9. The van der Waals surface area contributed by atoms with E-state index in [4.69, 9.17) is 4.74 Å². The van der Waals surface area contributed by atoms with Crippen molar-refractivity contribution in [2.45, 2.75) is 25.9 Å². The Morgan fingerprint density at radius 1 is 1.47 bits per heavy atom. The van der Waals surface area contributed by atoms with Crippen molar-refractivity contribution in [3.8, 4) is 0 Å². The Balaban J connectivity index is 2.21. The van der Waals surface area contributed by atoms with Gasteiger partial charge in [0, 0.05) is 32.8 Å². The van der Waals surface area contributed by atoms with E-state index in [-0.39, 0.29) is 0 Å². The van der Waals surface area contributed by atoms with E-state index in [1.54, 1.807) is 13.4 Å². The fourth-order valence-electron chi connectivity index (χ4n) is 2.33. The number of anilines is 2. The minimum atomic E-state index is 0.316. The molecule has 1 aromatic rings. The highest BCUT2D eigenvalue weighted by Crippen LogP contribution is 2.25. The topological polar surface area (TPSA) is 50.3 Å². The average Bonchev–Trinajstić information content (AvgIpc) is 2.39. The van der Waals surface area contributed by atoms with Crippen molar-refractivity contribution in [1.29, 1.82) is 0 Å². The standard InChI is InChI=1S/C12H20N4O/c1-9-11(13-2)14-8-15-12(9)16-6-4-5-10(7-16)17-3/h8,10H,4-7H2,1-3H3,(H,13,14,15). The minimum Gasteiger partial charge on any atom is -0.380 e. The van der Waals surface area contributed by atoms with Gasteiger partial charge in [-0.25, -0.2) is 9.97 Å². The normalized spacial score (nSPS) is 20.4. The van der Waals surface area contributed by atoms with Crippen molar-refractivity contribution < 1.29 is 4.74 Å². The van der Waals surface area contributed by atoms with E-state index in [1.165, 1.54) is 0 Å². The second-order valence-corrected chi connectivity index (χ2v) is 4.37. The van der Waals surface area contributed by atoms with Gasteiger partial charge in [-0.1, -0.05) is 0 Å². The van der Waals surface area contributed by atoms with Gasteiger partial charge in [-0.15, -0.1) is 0 Å². The Morgan fingerprint density at radius 2 is 2.29 bits per heavy atom. The number of rotatable bonds is 3. The van der Waals surface area contributed by atoms with Gasteiger partial charge in [-0.2, -0.15) is 0 Å². The van der Waals surface area contributed by atoms with Crippen LogP contribution in [0, 0.1) is 6.92 Å². The van der Waals surface area contributed by atoms with Crippen molar-refractivity contribution in [2.24, 2.45) is 0 Å². The van der Waals surface area contributed by atoms with Crippen LogP contribution >= 0.6 is 0 Å². The highest BCUT2D eigenvalue weighted by atomic mass is 16.5. The van der Waals surface area contributed by atoms with Gasteiger partial charge in [-0.05, 0) is 19.8 Å². The molecule has 94 valence electrons. The summed E-state index contributed by atoms with van der Waals surface area (Å²) < 4.78 is 5.44. The van der Waals surface area contributed by atoms with E-state index in [2.05, 4.69) is 27.1 Å². The van der Waals surface area contributed by atoms with Crippen molar-refractivity contribution in [3.05, 3.63) is 11.9 Å².